The molecular weight excluding hydrogens is 392 g/mol. The van der Waals surface area contributed by atoms with Crippen LogP contribution in [0.1, 0.15) is 22.9 Å². The van der Waals surface area contributed by atoms with Crippen molar-refractivity contribution >= 4 is 26.8 Å². The number of fused-ring (bicyclic) bond motifs is 3. The van der Waals surface area contributed by atoms with E-state index in [1.165, 1.54) is 27.7 Å². The zero-order valence-corrected chi connectivity index (χ0v) is 16.9. The largest absolute Gasteiger partial charge is 0.493 e. The third-order valence-corrected chi connectivity index (χ3v) is 6.13. The van der Waals surface area contributed by atoms with Gasteiger partial charge in [-0.3, -0.25) is 4.90 Å². The lowest BCUT2D eigenvalue weighted by Crippen LogP contribution is -2.33. The number of benzene rings is 2. The summed E-state index contributed by atoms with van der Waals surface area (Å²) in [7, 11) is 5.54. The first-order valence-electron chi connectivity index (χ1n) is 8.82. The number of methoxy groups -OCH3 is 2. The number of hydrogen-bond acceptors (Lipinski definition) is 3. The summed E-state index contributed by atoms with van der Waals surface area (Å²) in [6, 6.07) is 13.0. The zero-order valence-electron chi connectivity index (χ0n) is 15.3. The molecule has 0 amide bonds. The van der Waals surface area contributed by atoms with E-state index in [9.17, 15) is 0 Å². The summed E-state index contributed by atoms with van der Waals surface area (Å²) < 4.78 is 12.0. The molecule has 1 atom stereocenters. The number of rotatable bonds is 4. The molecule has 0 fully saturated rings. The zero-order chi connectivity index (χ0) is 18.3. The topological polar surface area (TPSA) is 37.5 Å². The number of para-hydroxylation sites is 1. The molecule has 1 aromatic heterocycles. The highest BCUT2D eigenvalue weighted by Crippen LogP contribution is 2.39. The first-order valence-corrected chi connectivity index (χ1v) is 9.61. The van der Waals surface area contributed by atoms with Gasteiger partial charge in [-0.1, -0.05) is 34.1 Å². The lowest BCUT2D eigenvalue weighted by Gasteiger charge is -2.33. The summed E-state index contributed by atoms with van der Waals surface area (Å²) in [6.45, 7) is 1.06. The number of halogens is 1. The summed E-state index contributed by atoms with van der Waals surface area (Å²) >= 11 is 3.71. The van der Waals surface area contributed by atoms with E-state index in [4.69, 9.17) is 9.47 Å². The molecule has 0 aliphatic carbocycles. The fourth-order valence-corrected chi connectivity index (χ4v) is 4.44. The highest BCUT2D eigenvalue weighted by molar-refractivity contribution is 9.10. The van der Waals surface area contributed by atoms with Gasteiger partial charge in [0.05, 0.1) is 20.3 Å². The Morgan fingerprint density at radius 1 is 1.15 bits per heavy atom. The number of ether oxygens (including phenoxy) is 2. The molecular formula is C21H23BrN2O2. The van der Waals surface area contributed by atoms with Gasteiger partial charge in [0.1, 0.15) is 0 Å². The summed E-state index contributed by atoms with van der Waals surface area (Å²) in [5.41, 5.74) is 5.23. The van der Waals surface area contributed by atoms with Gasteiger partial charge in [0.2, 0.25) is 0 Å². The molecule has 1 N–H and O–H groups in total. The lowest BCUT2D eigenvalue weighted by atomic mass is 9.93. The van der Waals surface area contributed by atoms with E-state index in [-0.39, 0.29) is 0 Å². The van der Waals surface area contributed by atoms with Crippen molar-refractivity contribution in [1.29, 1.82) is 0 Å². The maximum Gasteiger partial charge on any atom is 0.161 e. The van der Waals surface area contributed by atoms with E-state index in [0.29, 0.717) is 6.04 Å². The number of aromatic nitrogens is 1. The average molecular weight is 415 g/mol. The van der Waals surface area contributed by atoms with Crippen molar-refractivity contribution < 1.29 is 9.47 Å². The number of nitrogens with zero attached hydrogens (tertiary/aromatic N) is 1. The fourth-order valence-electron chi connectivity index (χ4n) is 3.96. The second kappa shape index (κ2) is 6.97. The minimum Gasteiger partial charge on any atom is -0.493 e. The number of hydrogen-bond donors (Lipinski definition) is 1. The van der Waals surface area contributed by atoms with E-state index in [2.05, 4.69) is 63.2 Å². The summed E-state index contributed by atoms with van der Waals surface area (Å²) in [4.78, 5) is 6.11. The Balaban J connectivity index is 1.75. The Kier molecular flexibility index (Phi) is 4.67. The SMILES string of the molecule is COc1cc(Br)c(CC2c3[nH]c4ccccc4c3CCN2C)cc1OC. The standard InChI is InChI=1S/C21H23BrN2O2/c1-24-9-8-15-14-6-4-5-7-17(14)23-21(15)18(24)10-13-11-19(25-2)20(26-3)12-16(13)22/h4-7,11-12,18,23H,8-10H2,1-3H3. The molecule has 136 valence electrons. The first-order chi connectivity index (χ1) is 12.6. The second-order valence-corrected chi connectivity index (χ2v) is 7.67. The van der Waals surface area contributed by atoms with Crippen molar-refractivity contribution in [2.45, 2.75) is 18.9 Å². The van der Waals surface area contributed by atoms with E-state index in [1.54, 1.807) is 14.2 Å². The molecule has 2 aromatic carbocycles. The van der Waals surface area contributed by atoms with Gasteiger partial charge in [-0.15, -0.1) is 0 Å². The molecule has 26 heavy (non-hydrogen) atoms. The number of nitrogens with one attached hydrogen (secondary N) is 1. The Bertz CT molecular complexity index is 951. The number of likely N-dealkylation sites (N-methyl/N-ethyl adjacent to an activating group) is 1. The molecule has 0 saturated carbocycles. The Hall–Kier alpha value is -1.98. The van der Waals surface area contributed by atoms with Crippen molar-refractivity contribution in [2.24, 2.45) is 0 Å². The number of H-pyrrole nitrogens is 1. The fraction of sp³-hybridized carbons (Fsp3) is 0.333. The van der Waals surface area contributed by atoms with Crippen LogP contribution in [0.3, 0.4) is 0 Å². The maximum absolute atomic E-state index is 5.50. The van der Waals surface area contributed by atoms with E-state index >= 15 is 0 Å². The van der Waals surface area contributed by atoms with Crippen molar-refractivity contribution in [3.8, 4) is 11.5 Å². The minimum atomic E-state index is 0.306. The third kappa shape index (κ3) is 2.89. The van der Waals surface area contributed by atoms with Crippen LogP contribution in [-0.4, -0.2) is 37.7 Å². The van der Waals surface area contributed by atoms with Gasteiger partial charge < -0.3 is 14.5 Å². The first kappa shape index (κ1) is 17.4. The second-order valence-electron chi connectivity index (χ2n) is 6.81. The smallest absolute Gasteiger partial charge is 0.161 e. The van der Waals surface area contributed by atoms with Crippen molar-refractivity contribution in [1.82, 2.24) is 9.88 Å². The lowest BCUT2D eigenvalue weighted by molar-refractivity contribution is 0.226. The maximum atomic E-state index is 5.50. The van der Waals surface area contributed by atoms with Crippen LogP contribution in [-0.2, 0) is 12.8 Å². The van der Waals surface area contributed by atoms with E-state index in [0.717, 1.165) is 35.4 Å². The van der Waals surface area contributed by atoms with Gasteiger partial charge in [0.15, 0.2) is 11.5 Å². The van der Waals surface area contributed by atoms with Gasteiger partial charge in [0.25, 0.3) is 0 Å². The van der Waals surface area contributed by atoms with Crippen LogP contribution >= 0.6 is 15.9 Å². The highest BCUT2D eigenvalue weighted by Gasteiger charge is 2.29. The molecule has 0 bridgehead atoms. The molecule has 1 aliphatic rings. The highest BCUT2D eigenvalue weighted by atomic mass is 79.9. The normalized spacial score (nSPS) is 17.3. The van der Waals surface area contributed by atoms with Crippen LogP contribution in [0.25, 0.3) is 10.9 Å². The van der Waals surface area contributed by atoms with Crippen molar-refractivity contribution in [3.63, 3.8) is 0 Å². The third-order valence-electron chi connectivity index (χ3n) is 5.39. The quantitative estimate of drug-likeness (QED) is 0.670. The molecule has 1 aliphatic heterocycles. The number of aromatic amines is 1. The predicted octanol–water partition coefficient (Wildman–Crippen LogP) is 4.72. The van der Waals surface area contributed by atoms with Gasteiger partial charge >= 0.3 is 0 Å². The van der Waals surface area contributed by atoms with Crippen LogP contribution in [0.4, 0.5) is 0 Å². The van der Waals surface area contributed by atoms with Gasteiger partial charge in [-0.05, 0) is 49.2 Å². The van der Waals surface area contributed by atoms with Crippen LogP contribution in [0.15, 0.2) is 40.9 Å². The summed E-state index contributed by atoms with van der Waals surface area (Å²) in [5.74, 6) is 1.51. The average Bonchev–Trinajstić information content (AvgIpc) is 3.03. The summed E-state index contributed by atoms with van der Waals surface area (Å²) in [6.07, 6.45) is 1.98. The van der Waals surface area contributed by atoms with E-state index in [1.807, 2.05) is 6.07 Å². The van der Waals surface area contributed by atoms with Crippen LogP contribution in [0, 0.1) is 0 Å². The molecule has 4 rings (SSSR count). The molecule has 0 spiro atoms. The molecule has 2 heterocycles. The van der Waals surface area contributed by atoms with Crippen molar-refractivity contribution in [2.75, 3.05) is 27.8 Å². The predicted molar refractivity (Wildman–Crippen MR) is 108 cm³/mol. The molecule has 3 aromatic rings. The molecule has 5 heteroatoms. The van der Waals surface area contributed by atoms with Crippen LogP contribution in [0.2, 0.25) is 0 Å². The Labute approximate surface area is 162 Å². The minimum absolute atomic E-state index is 0.306. The molecule has 1 unspecified atom stereocenters. The summed E-state index contributed by atoms with van der Waals surface area (Å²) in [5, 5.41) is 1.35. The van der Waals surface area contributed by atoms with Gasteiger partial charge in [0, 0.05) is 27.6 Å². The van der Waals surface area contributed by atoms with E-state index < -0.39 is 0 Å². The van der Waals surface area contributed by atoms with Gasteiger partial charge in [-0.2, -0.15) is 0 Å². The van der Waals surface area contributed by atoms with Crippen LogP contribution in [0.5, 0.6) is 11.5 Å². The Morgan fingerprint density at radius 2 is 1.88 bits per heavy atom. The van der Waals surface area contributed by atoms with Crippen LogP contribution < -0.4 is 9.47 Å². The molecule has 0 radical (unpaired) electrons. The van der Waals surface area contributed by atoms with Crippen molar-refractivity contribution in [3.05, 3.63) is 57.7 Å². The Morgan fingerprint density at radius 3 is 2.65 bits per heavy atom. The molecule has 4 nitrogen and oxygen atoms in total. The van der Waals surface area contributed by atoms with Gasteiger partial charge in [-0.25, -0.2) is 0 Å². The monoisotopic (exact) mass is 414 g/mol. The molecule has 0 saturated heterocycles.